The third-order valence-electron chi connectivity index (χ3n) is 13.3. The highest BCUT2D eigenvalue weighted by atomic mass is 16.7. The van der Waals surface area contributed by atoms with Crippen LogP contribution in [0.3, 0.4) is 0 Å². The number of aliphatic hydroxyl groups is 2. The van der Waals surface area contributed by atoms with Crippen molar-refractivity contribution in [3.8, 4) is 0 Å². The summed E-state index contributed by atoms with van der Waals surface area (Å²) in [4.78, 5) is 102. The quantitative estimate of drug-likeness (QED) is 0.231. The van der Waals surface area contributed by atoms with Gasteiger partial charge >= 0.3 is 41.8 Å². The molecule has 2 N–H and O–H groups in total. The van der Waals surface area contributed by atoms with E-state index in [2.05, 4.69) is 4.98 Å². The molecule has 2 aromatic carbocycles. The normalized spacial score (nSPS) is 34.9. The summed E-state index contributed by atoms with van der Waals surface area (Å²) in [6, 6.07) is 18.0. The van der Waals surface area contributed by atoms with E-state index in [0.29, 0.717) is 0 Å². The van der Waals surface area contributed by atoms with Gasteiger partial charge < -0.3 is 48.1 Å². The number of ether oxygens (including phenoxy) is 8. The highest BCUT2D eigenvalue weighted by molar-refractivity contribution is 5.92. The summed E-state index contributed by atoms with van der Waals surface area (Å²) < 4.78 is 50.2. The molecule has 2 aliphatic carbocycles. The zero-order valence-electron chi connectivity index (χ0n) is 36.8. The van der Waals surface area contributed by atoms with Gasteiger partial charge in [-0.2, -0.15) is 0 Å². The van der Waals surface area contributed by atoms with Crippen LogP contribution in [0.15, 0.2) is 79.0 Å². The number of pyridine rings is 1. The number of nitrogens with zero attached hydrogens (tertiary/aromatic N) is 1. The largest absolute Gasteiger partial charge is 0.465 e. The predicted octanol–water partition coefficient (Wildman–Crippen LogP) is 3.44. The smallest absolute Gasteiger partial charge is 0.340 e. The van der Waals surface area contributed by atoms with Gasteiger partial charge in [-0.05, 0) is 50.2 Å². The molecule has 346 valence electrons. The number of fused-ring (bicyclic) bond motifs is 5. The molecule has 3 aromatic rings. The minimum absolute atomic E-state index is 0.0189. The minimum atomic E-state index is -2.87. The van der Waals surface area contributed by atoms with Gasteiger partial charge in [0, 0.05) is 32.4 Å². The van der Waals surface area contributed by atoms with E-state index in [-0.39, 0.29) is 28.8 Å². The van der Waals surface area contributed by atoms with Crippen molar-refractivity contribution in [3.63, 3.8) is 0 Å². The van der Waals surface area contributed by atoms with Crippen LogP contribution in [0.5, 0.6) is 0 Å². The van der Waals surface area contributed by atoms with Crippen LogP contribution in [0.2, 0.25) is 0 Å². The molecule has 0 unspecified atom stereocenters. The summed E-state index contributed by atoms with van der Waals surface area (Å²) in [5.74, 6) is -10.7. The van der Waals surface area contributed by atoms with Crippen molar-refractivity contribution in [3.05, 3.63) is 101 Å². The molecule has 3 heterocycles. The van der Waals surface area contributed by atoms with Crippen molar-refractivity contribution in [2.75, 3.05) is 13.2 Å². The lowest BCUT2D eigenvalue weighted by Gasteiger charge is -2.67. The fraction of sp³-hybridized carbons (Fsp3) is 0.489. The first-order valence-corrected chi connectivity index (χ1v) is 21.2. The van der Waals surface area contributed by atoms with E-state index in [1.165, 1.54) is 75.5 Å². The predicted molar refractivity (Wildman–Crippen MR) is 220 cm³/mol. The number of aromatic nitrogens is 1. The molecule has 7 rings (SSSR count). The van der Waals surface area contributed by atoms with Gasteiger partial charge in [-0.25, -0.2) is 14.4 Å². The van der Waals surface area contributed by atoms with Crippen molar-refractivity contribution in [2.45, 2.75) is 114 Å². The summed E-state index contributed by atoms with van der Waals surface area (Å²) in [7, 11) is 0. The van der Waals surface area contributed by atoms with Gasteiger partial charge in [0.15, 0.2) is 17.8 Å². The monoisotopic (exact) mass is 901 g/mol. The van der Waals surface area contributed by atoms with E-state index >= 15 is 0 Å². The second-order valence-electron chi connectivity index (χ2n) is 17.3. The molecular formula is C47H51NO17. The maximum atomic E-state index is 14.5. The van der Waals surface area contributed by atoms with Gasteiger partial charge in [-0.1, -0.05) is 57.2 Å². The van der Waals surface area contributed by atoms with Crippen LogP contribution < -0.4 is 0 Å². The maximum Gasteiger partial charge on any atom is 0.340 e. The highest BCUT2D eigenvalue weighted by Gasteiger charge is 2.91. The molecule has 0 amide bonds. The SMILES string of the molecule is CCC(=O)O[C@@H]1[C@@H]2[C@@H](OC(=O)c3ccccc3)[C@@]34O[C@@]2(C)COC(=O)c2cccnc2[C@H](C)[C@H](C)C(=O)O[C@@H]([C@H](O)[C@H](OC(=O)c2ccccc2)[C@@]3(COC(C)=O)[C@@H]1OC(C)=O)[C@]4(C)O. The molecule has 65 heavy (non-hydrogen) atoms. The Morgan fingerprint density at radius 1 is 0.785 bits per heavy atom. The van der Waals surface area contributed by atoms with E-state index in [1.54, 1.807) is 31.2 Å². The average molecular weight is 902 g/mol. The molecule has 1 aromatic heterocycles. The van der Waals surface area contributed by atoms with Gasteiger partial charge in [-0.15, -0.1) is 0 Å². The molecule has 1 saturated heterocycles. The molecule has 2 aliphatic heterocycles. The number of rotatable bonds is 9. The second-order valence-corrected chi connectivity index (χ2v) is 17.3. The number of cyclic esters (lactones) is 1. The van der Waals surface area contributed by atoms with Crippen molar-refractivity contribution in [1.29, 1.82) is 0 Å². The number of hydrogen-bond acceptors (Lipinski definition) is 18. The van der Waals surface area contributed by atoms with Gasteiger partial charge in [0.25, 0.3) is 0 Å². The summed E-state index contributed by atoms with van der Waals surface area (Å²) >= 11 is 0. The third-order valence-corrected chi connectivity index (χ3v) is 13.3. The topological polar surface area (TPSA) is 247 Å². The lowest BCUT2D eigenvalue weighted by molar-refractivity contribution is -0.384. The van der Waals surface area contributed by atoms with Crippen LogP contribution >= 0.6 is 0 Å². The molecule has 2 saturated carbocycles. The van der Waals surface area contributed by atoms with Crippen LogP contribution in [0.4, 0.5) is 0 Å². The van der Waals surface area contributed by atoms with Crippen LogP contribution in [-0.2, 0) is 57.1 Å². The number of aliphatic hydroxyl groups excluding tert-OH is 1. The summed E-state index contributed by atoms with van der Waals surface area (Å²) in [6.07, 6.45) is -11.5. The Balaban J connectivity index is 1.62. The second kappa shape index (κ2) is 17.6. The van der Waals surface area contributed by atoms with E-state index in [1.807, 2.05) is 0 Å². The molecule has 13 atom stereocenters. The maximum absolute atomic E-state index is 14.5. The van der Waals surface area contributed by atoms with Crippen LogP contribution in [0.1, 0.15) is 97.6 Å². The fourth-order valence-corrected chi connectivity index (χ4v) is 10.2. The number of carbonyl (C=O) groups excluding carboxylic acids is 7. The van der Waals surface area contributed by atoms with Gasteiger partial charge in [0.05, 0.1) is 34.2 Å². The lowest BCUT2D eigenvalue weighted by atomic mass is 9.45. The molecule has 3 fully saturated rings. The Kier molecular flexibility index (Phi) is 12.7. The average Bonchev–Trinajstić information content (AvgIpc) is 3.51. The molecular weight excluding hydrogens is 851 g/mol. The van der Waals surface area contributed by atoms with Gasteiger partial charge in [0.2, 0.25) is 0 Å². The third kappa shape index (κ3) is 7.70. The lowest BCUT2D eigenvalue weighted by Crippen LogP contribution is -2.89. The molecule has 18 nitrogen and oxygen atoms in total. The van der Waals surface area contributed by atoms with Crippen molar-refractivity contribution >= 4 is 41.8 Å². The molecule has 0 radical (unpaired) electrons. The highest BCUT2D eigenvalue weighted by Crippen LogP contribution is 2.70. The van der Waals surface area contributed by atoms with Crippen LogP contribution in [-0.4, -0.2) is 124 Å². The minimum Gasteiger partial charge on any atom is -0.465 e. The summed E-state index contributed by atoms with van der Waals surface area (Å²) in [5.41, 5.74) is -10.5. The number of hydrogen-bond donors (Lipinski definition) is 2. The van der Waals surface area contributed by atoms with Gasteiger partial charge in [-0.3, -0.25) is 24.2 Å². The first-order valence-electron chi connectivity index (χ1n) is 21.2. The molecule has 18 heteroatoms. The van der Waals surface area contributed by atoms with E-state index < -0.39 is 132 Å². The Morgan fingerprint density at radius 2 is 1.38 bits per heavy atom. The van der Waals surface area contributed by atoms with Crippen molar-refractivity contribution in [2.24, 2.45) is 17.3 Å². The Hall–Kier alpha value is -6.24. The Bertz CT molecular complexity index is 2360. The zero-order chi connectivity index (χ0) is 47.2. The Labute approximate surface area is 373 Å². The molecule has 1 spiro atoms. The zero-order valence-corrected chi connectivity index (χ0v) is 36.8. The first-order chi connectivity index (χ1) is 30.7. The van der Waals surface area contributed by atoms with Crippen LogP contribution in [0.25, 0.3) is 0 Å². The van der Waals surface area contributed by atoms with E-state index in [9.17, 15) is 43.8 Å². The Morgan fingerprint density at radius 3 is 1.95 bits per heavy atom. The molecule has 4 aliphatic rings. The van der Waals surface area contributed by atoms with Crippen LogP contribution in [0, 0.1) is 17.3 Å². The number of carbonyl (C=O) groups is 7. The summed E-state index contributed by atoms with van der Waals surface area (Å²) in [6.45, 7) is 7.24. The first kappa shape index (κ1) is 46.7. The fourth-order valence-electron chi connectivity index (χ4n) is 10.2. The van der Waals surface area contributed by atoms with Crippen molar-refractivity contribution < 1.29 is 81.7 Å². The van der Waals surface area contributed by atoms with E-state index in [0.717, 1.165) is 20.8 Å². The van der Waals surface area contributed by atoms with Gasteiger partial charge in [0.1, 0.15) is 54.2 Å². The van der Waals surface area contributed by atoms with Crippen molar-refractivity contribution in [1.82, 2.24) is 4.98 Å². The number of benzene rings is 2. The standard InChI is InChI=1S/C47H51NO17/c1-8-31(51)61-35-32-36(62-41(54)28-16-11-9-12-17-28)47-45(7,57)37(63-40(53)25(3)24(2)33-30(20-15-21-48-33)43(56)59-22-44(32,6)65-47)34(52)38(64-42(55)29-18-13-10-14-19-29)46(47,23-58-26(4)49)39(35)60-27(5)50/h9-21,24-25,32,34-39,52,57H,8,22-23H2,1-7H3/t24-,25+,32-,34+,35-,36-,37+,38+,39-,44+,45+,46+,47+/m1/s1. The van der Waals surface area contributed by atoms with E-state index in [4.69, 9.17) is 37.9 Å². The number of esters is 7. The summed E-state index contributed by atoms with van der Waals surface area (Å²) in [5, 5.41) is 26.5. The molecule has 4 bridgehead atoms.